The van der Waals surface area contributed by atoms with Crippen LogP contribution in [0.25, 0.3) is 0 Å². The summed E-state index contributed by atoms with van der Waals surface area (Å²) in [4.78, 5) is 34.4. The lowest BCUT2D eigenvalue weighted by atomic mass is 9.74. The zero-order valence-corrected chi connectivity index (χ0v) is 11.6. The molecule has 0 aromatic carbocycles. The van der Waals surface area contributed by atoms with Crippen LogP contribution in [0.5, 0.6) is 0 Å². The van der Waals surface area contributed by atoms with Gasteiger partial charge in [0, 0.05) is 0 Å². The molecule has 1 unspecified atom stereocenters. The molecule has 1 saturated carbocycles. The van der Waals surface area contributed by atoms with Gasteiger partial charge in [-0.05, 0) is 26.7 Å². The molecule has 7 heteroatoms. The molecule has 0 saturated heterocycles. The topological polar surface area (TPSA) is 121 Å². The van der Waals surface area contributed by atoms with Crippen molar-refractivity contribution in [2.75, 3.05) is 0 Å². The first-order valence-electron chi connectivity index (χ1n) is 6.50. The molecule has 1 atom stereocenters. The third-order valence-corrected chi connectivity index (χ3v) is 3.89. The molecular weight excluding hydrogens is 268 g/mol. The van der Waals surface area contributed by atoms with E-state index in [1.807, 2.05) is 0 Å². The second-order valence-electron chi connectivity index (χ2n) is 5.73. The second-order valence-corrected chi connectivity index (χ2v) is 5.73. The third kappa shape index (κ3) is 2.92. The normalized spacial score (nSPS) is 19.9. The van der Waals surface area contributed by atoms with Gasteiger partial charge in [-0.15, -0.1) is 0 Å². The first-order valence-corrected chi connectivity index (χ1v) is 6.50. The summed E-state index contributed by atoms with van der Waals surface area (Å²) in [6, 6.07) is 0. The van der Waals surface area contributed by atoms with Gasteiger partial charge >= 0.3 is 17.9 Å². The minimum Gasteiger partial charge on any atom is -0.481 e. The summed E-state index contributed by atoms with van der Waals surface area (Å²) in [6.45, 7) is 2.39. The van der Waals surface area contributed by atoms with Crippen LogP contribution >= 0.6 is 0 Å². The van der Waals surface area contributed by atoms with Crippen LogP contribution in [0.15, 0.2) is 0 Å². The molecule has 1 aliphatic carbocycles. The van der Waals surface area contributed by atoms with Crippen LogP contribution in [0.2, 0.25) is 0 Å². The molecule has 1 fully saturated rings. The summed E-state index contributed by atoms with van der Waals surface area (Å²) in [5.74, 6) is -3.69. The molecule has 0 aromatic rings. The molecule has 0 heterocycles. The van der Waals surface area contributed by atoms with E-state index in [1.54, 1.807) is 0 Å². The summed E-state index contributed by atoms with van der Waals surface area (Å²) in [7, 11) is 0. The van der Waals surface area contributed by atoms with Gasteiger partial charge in [-0.25, -0.2) is 0 Å². The largest absolute Gasteiger partial charge is 0.481 e. The fourth-order valence-corrected chi connectivity index (χ4v) is 2.13. The Hall–Kier alpha value is -1.63. The van der Waals surface area contributed by atoms with E-state index in [0.717, 1.165) is 6.42 Å². The van der Waals surface area contributed by atoms with Gasteiger partial charge in [0.25, 0.3) is 0 Å². The summed E-state index contributed by atoms with van der Waals surface area (Å²) in [6.07, 6.45) is 0.388. The Morgan fingerprint density at radius 1 is 1.10 bits per heavy atom. The lowest BCUT2D eigenvalue weighted by molar-refractivity contribution is -0.209. The summed E-state index contributed by atoms with van der Waals surface area (Å²) in [5, 5.41) is 28.0. The number of hydrogen-bond acceptors (Lipinski definition) is 5. The molecule has 3 N–H and O–H groups in total. The lowest BCUT2D eigenvalue weighted by Gasteiger charge is -2.33. The first kappa shape index (κ1) is 16.4. The smallest absolute Gasteiger partial charge is 0.325 e. The Morgan fingerprint density at radius 3 is 2.00 bits per heavy atom. The number of carbonyl (C=O) groups excluding carboxylic acids is 1. The van der Waals surface area contributed by atoms with E-state index in [-0.39, 0.29) is 12.8 Å². The molecule has 0 spiro atoms. The number of aliphatic carboxylic acids is 2. The summed E-state index contributed by atoms with van der Waals surface area (Å²) >= 11 is 0. The first-order chi connectivity index (χ1) is 9.14. The number of aliphatic hydroxyl groups excluding tert-OH is 1. The third-order valence-electron chi connectivity index (χ3n) is 3.89. The average Bonchev–Trinajstić information content (AvgIpc) is 2.38. The maximum Gasteiger partial charge on any atom is 0.325 e. The van der Waals surface area contributed by atoms with Crippen molar-refractivity contribution in [3.8, 4) is 0 Å². The maximum absolute atomic E-state index is 12.1. The SMILES string of the molecule is CC(C)(C(=O)O)C(O)OC(=O)C1(C(=O)O)CCCCC1. The molecule has 20 heavy (non-hydrogen) atoms. The van der Waals surface area contributed by atoms with Gasteiger partial charge in [-0.3, -0.25) is 14.4 Å². The molecule has 0 bridgehead atoms. The van der Waals surface area contributed by atoms with Crippen molar-refractivity contribution in [2.24, 2.45) is 10.8 Å². The Morgan fingerprint density at radius 2 is 1.60 bits per heavy atom. The Kier molecular flexibility index (Phi) is 4.75. The molecule has 0 aliphatic heterocycles. The van der Waals surface area contributed by atoms with Gasteiger partial charge in [0.05, 0.1) is 0 Å². The Balaban J connectivity index is 2.88. The monoisotopic (exact) mass is 288 g/mol. The van der Waals surface area contributed by atoms with Crippen LogP contribution in [0.1, 0.15) is 46.0 Å². The highest BCUT2D eigenvalue weighted by atomic mass is 16.6. The predicted molar refractivity (Wildman–Crippen MR) is 66.7 cm³/mol. The van der Waals surface area contributed by atoms with Gasteiger partial charge < -0.3 is 20.1 Å². The van der Waals surface area contributed by atoms with E-state index in [1.165, 1.54) is 13.8 Å². The number of rotatable bonds is 5. The highest BCUT2D eigenvalue weighted by Crippen LogP contribution is 2.38. The zero-order chi connectivity index (χ0) is 15.6. The van der Waals surface area contributed by atoms with Gasteiger partial charge in [0.15, 0.2) is 5.41 Å². The lowest BCUT2D eigenvalue weighted by Crippen LogP contribution is -2.47. The van der Waals surface area contributed by atoms with Crippen LogP contribution in [0.3, 0.4) is 0 Å². The average molecular weight is 288 g/mol. The van der Waals surface area contributed by atoms with E-state index in [4.69, 9.17) is 9.84 Å². The number of carboxylic acid groups (broad SMARTS) is 2. The number of esters is 1. The highest BCUT2D eigenvalue weighted by Gasteiger charge is 2.50. The molecule has 0 aromatic heterocycles. The maximum atomic E-state index is 12.1. The van der Waals surface area contributed by atoms with Gasteiger partial charge in [0.2, 0.25) is 6.29 Å². The van der Waals surface area contributed by atoms with E-state index in [0.29, 0.717) is 12.8 Å². The highest BCUT2D eigenvalue weighted by molar-refractivity contribution is 5.99. The Bertz CT molecular complexity index is 407. The van der Waals surface area contributed by atoms with Crippen molar-refractivity contribution >= 4 is 17.9 Å². The number of carbonyl (C=O) groups is 3. The van der Waals surface area contributed by atoms with Crippen molar-refractivity contribution in [1.82, 2.24) is 0 Å². The van der Waals surface area contributed by atoms with Crippen LogP contribution < -0.4 is 0 Å². The molecular formula is C13H20O7. The van der Waals surface area contributed by atoms with Crippen LogP contribution in [0.4, 0.5) is 0 Å². The van der Waals surface area contributed by atoms with Crippen molar-refractivity contribution in [1.29, 1.82) is 0 Å². The van der Waals surface area contributed by atoms with Crippen LogP contribution in [0, 0.1) is 10.8 Å². The van der Waals surface area contributed by atoms with Gasteiger partial charge in [-0.1, -0.05) is 19.3 Å². The minimum absolute atomic E-state index is 0.140. The fraction of sp³-hybridized carbons (Fsp3) is 0.769. The quantitative estimate of drug-likeness (QED) is 0.392. The molecule has 1 rings (SSSR count). The molecule has 114 valence electrons. The van der Waals surface area contributed by atoms with Gasteiger partial charge in [0.1, 0.15) is 5.41 Å². The fourth-order valence-electron chi connectivity index (χ4n) is 2.13. The van der Waals surface area contributed by atoms with Gasteiger partial charge in [-0.2, -0.15) is 0 Å². The van der Waals surface area contributed by atoms with Crippen molar-refractivity contribution in [3.05, 3.63) is 0 Å². The number of hydrogen-bond donors (Lipinski definition) is 3. The van der Waals surface area contributed by atoms with E-state index >= 15 is 0 Å². The van der Waals surface area contributed by atoms with Crippen LogP contribution in [-0.4, -0.2) is 39.5 Å². The number of carboxylic acids is 2. The van der Waals surface area contributed by atoms with Crippen molar-refractivity contribution < 1.29 is 34.4 Å². The molecule has 1 aliphatic rings. The second kappa shape index (κ2) is 5.78. The Labute approximate surface area is 116 Å². The zero-order valence-electron chi connectivity index (χ0n) is 11.6. The standard InChI is InChI=1S/C13H20O7/c1-12(2,8(14)15)10(18)20-11(19)13(9(16)17)6-4-3-5-7-13/h10,18H,3-7H2,1-2H3,(H,14,15)(H,16,17). The minimum atomic E-state index is -1.90. The van der Waals surface area contributed by atoms with E-state index < -0.39 is 35.0 Å². The number of ether oxygens (including phenoxy) is 1. The summed E-state index contributed by atoms with van der Waals surface area (Å²) < 4.78 is 4.74. The van der Waals surface area contributed by atoms with Crippen molar-refractivity contribution in [2.45, 2.75) is 52.2 Å². The van der Waals surface area contributed by atoms with Crippen molar-refractivity contribution in [3.63, 3.8) is 0 Å². The van der Waals surface area contributed by atoms with E-state index in [2.05, 4.69) is 0 Å². The molecule has 0 amide bonds. The number of aliphatic hydroxyl groups is 1. The van der Waals surface area contributed by atoms with Crippen LogP contribution in [-0.2, 0) is 19.1 Å². The summed E-state index contributed by atoms with van der Waals surface area (Å²) in [5.41, 5.74) is -3.38. The predicted octanol–water partition coefficient (Wildman–Crippen LogP) is 0.994. The molecule has 7 nitrogen and oxygen atoms in total. The van der Waals surface area contributed by atoms with E-state index in [9.17, 15) is 24.6 Å². The molecule has 0 radical (unpaired) electrons.